The third kappa shape index (κ3) is 4.75. The van der Waals surface area contributed by atoms with Crippen molar-refractivity contribution in [3.63, 3.8) is 0 Å². The third-order valence-electron chi connectivity index (χ3n) is 5.25. The lowest BCUT2D eigenvalue weighted by atomic mass is 9.97. The number of carbonyl (C=O) groups excluding carboxylic acids is 2. The molecular weight excluding hydrogens is 402 g/mol. The van der Waals surface area contributed by atoms with Crippen molar-refractivity contribution >= 4 is 39.6 Å². The minimum Gasteiger partial charge on any atom is -0.508 e. The first-order valence-corrected chi connectivity index (χ1v) is 10.3. The second-order valence-electron chi connectivity index (χ2n) is 7.59. The van der Waals surface area contributed by atoms with Gasteiger partial charge < -0.3 is 10.4 Å². The molecule has 0 heterocycles. The fourth-order valence-corrected chi connectivity index (χ4v) is 3.75. The zero-order valence-electron chi connectivity index (χ0n) is 17.6. The van der Waals surface area contributed by atoms with Gasteiger partial charge in [0.25, 0.3) is 5.91 Å². The van der Waals surface area contributed by atoms with Crippen LogP contribution in [0.15, 0.2) is 84.0 Å². The first kappa shape index (κ1) is 21.1. The molecular formula is C26H23N3O3. The second-order valence-corrected chi connectivity index (χ2v) is 7.59. The zero-order valence-corrected chi connectivity index (χ0v) is 17.6. The molecule has 3 N–H and O–H groups in total. The summed E-state index contributed by atoms with van der Waals surface area (Å²) in [5.41, 5.74) is 4.28. The number of carbonyl (C=O) groups is 2. The van der Waals surface area contributed by atoms with Crippen LogP contribution in [0, 0.1) is 0 Å². The van der Waals surface area contributed by atoms with Crippen LogP contribution in [0.5, 0.6) is 5.75 Å². The quantitative estimate of drug-likeness (QED) is 0.249. The number of benzene rings is 4. The Labute approximate surface area is 185 Å². The van der Waals surface area contributed by atoms with Gasteiger partial charge in [-0.15, -0.1) is 0 Å². The summed E-state index contributed by atoms with van der Waals surface area (Å²) in [5, 5.41) is 20.6. The summed E-state index contributed by atoms with van der Waals surface area (Å²) >= 11 is 0. The third-order valence-corrected chi connectivity index (χ3v) is 5.25. The zero-order chi connectivity index (χ0) is 22.5. The fourth-order valence-electron chi connectivity index (χ4n) is 3.75. The summed E-state index contributed by atoms with van der Waals surface area (Å²) < 4.78 is 0. The van der Waals surface area contributed by atoms with E-state index in [9.17, 15) is 14.7 Å². The van der Waals surface area contributed by atoms with Crippen molar-refractivity contribution in [3.05, 3.63) is 90.0 Å². The van der Waals surface area contributed by atoms with Gasteiger partial charge in [-0.3, -0.25) is 9.59 Å². The van der Waals surface area contributed by atoms with E-state index in [-0.39, 0.29) is 18.1 Å². The van der Waals surface area contributed by atoms with Crippen LogP contribution >= 0.6 is 0 Å². The molecule has 0 aliphatic carbocycles. The standard InChI is InChI=1S/C26H23N3O3/c1-17(30)28-25(14-18-10-12-21(31)13-11-18)26(32)29-27-16-24-22-8-4-2-6-19(22)15-20-7-3-5-9-23(20)24/h2-13,15-16,25,31H,14H2,1H3,(H,28,30)(H,29,32). The molecule has 0 aliphatic heterocycles. The summed E-state index contributed by atoms with van der Waals surface area (Å²) in [4.78, 5) is 24.4. The van der Waals surface area contributed by atoms with Crippen molar-refractivity contribution in [3.8, 4) is 5.75 Å². The summed E-state index contributed by atoms with van der Waals surface area (Å²) in [6.45, 7) is 1.36. The number of aromatic hydroxyl groups is 1. The van der Waals surface area contributed by atoms with Gasteiger partial charge in [-0.1, -0.05) is 60.7 Å². The monoisotopic (exact) mass is 425 g/mol. The lowest BCUT2D eigenvalue weighted by Crippen LogP contribution is -2.46. The van der Waals surface area contributed by atoms with E-state index >= 15 is 0 Å². The molecule has 4 aromatic rings. The maximum Gasteiger partial charge on any atom is 0.262 e. The second kappa shape index (κ2) is 9.31. The van der Waals surface area contributed by atoms with E-state index in [1.165, 1.54) is 6.92 Å². The van der Waals surface area contributed by atoms with Gasteiger partial charge in [0, 0.05) is 18.9 Å². The van der Waals surface area contributed by atoms with Crippen molar-refractivity contribution < 1.29 is 14.7 Å². The summed E-state index contributed by atoms with van der Waals surface area (Å²) in [6.07, 6.45) is 1.92. The number of hydrazone groups is 1. The van der Waals surface area contributed by atoms with Gasteiger partial charge in [0.2, 0.25) is 5.91 Å². The Morgan fingerprint density at radius 3 is 2.12 bits per heavy atom. The average Bonchev–Trinajstić information content (AvgIpc) is 2.79. The van der Waals surface area contributed by atoms with Crippen molar-refractivity contribution in [1.29, 1.82) is 0 Å². The summed E-state index contributed by atoms with van der Waals surface area (Å²) in [6, 6.07) is 23.9. The molecule has 1 unspecified atom stereocenters. The number of phenols is 1. The Hall–Kier alpha value is -4.19. The lowest BCUT2D eigenvalue weighted by Gasteiger charge is -2.16. The Kier molecular flexibility index (Phi) is 6.12. The number of hydrogen-bond acceptors (Lipinski definition) is 4. The highest BCUT2D eigenvalue weighted by atomic mass is 16.3. The molecule has 0 bridgehead atoms. The van der Waals surface area contributed by atoms with E-state index in [0.29, 0.717) is 0 Å². The van der Waals surface area contributed by atoms with Crippen molar-refractivity contribution in [2.24, 2.45) is 5.10 Å². The predicted octanol–water partition coefficient (Wildman–Crippen LogP) is 3.90. The Morgan fingerprint density at radius 2 is 1.53 bits per heavy atom. The molecule has 0 saturated carbocycles. The molecule has 0 aromatic heterocycles. The van der Waals surface area contributed by atoms with Gasteiger partial charge >= 0.3 is 0 Å². The summed E-state index contributed by atoms with van der Waals surface area (Å²) in [5.74, 6) is -0.594. The Balaban J connectivity index is 1.58. The molecule has 2 amide bonds. The van der Waals surface area contributed by atoms with Crippen molar-refractivity contribution in [2.75, 3.05) is 0 Å². The first-order chi connectivity index (χ1) is 15.5. The van der Waals surface area contributed by atoms with Gasteiger partial charge in [0.15, 0.2) is 0 Å². The van der Waals surface area contributed by atoms with Crippen LogP contribution in [0.3, 0.4) is 0 Å². The molecule has 32 heavy (non-hydrogen) atoms. The number of rotatable bonds is 6. The topological polar surface area (TPSA) is 90.8 Å². The fraction of sp³-hybridized carbons (Fsp3) is 0.115. The highest BCUT2D eigenvalue weighted by molar-refractivity contribution is 6.13. The number of nitrogens with zero attached hydrogens (tertiary/aromatic N) is 1. The maximum absolute atomic E-state index is 12.8. The van der Waals surface area contributed by atoms with Crippen molar-refractivity contribution in [1.82, 2.24) is 10.7 Å². The number of hydrogen-bond donors (Lipinski definition) is 3. The van der Waals surface area contributed by atoms with E-state index in [2.05, 4.69) is 21.9 Å². The molecule has 0 aliphatic rings. The molecule has 6 nitrogen and oxygen atoms in total. The van der Waals surface area contributed by atoms with Crippen LogP contribution in [-0.4, -0.2) is 29.2 Å². The SMILES string of the molecule is CC(=O)NC(Cc1ccc(O)cc1)C(=O)NN=Cc1c2ccccc2cc2ccccc12. The van der Waals surface area contributed by atoms with Crippen LogP contribution in [0.1, 0.15) is 18.1 Å². The minimum absolute atomic E-state index is 0.140. The van der Waals surface area contributed by atoms with Gasteiger partial charge in [0.1, 0.15) is 11.8 Å². The van der Waals surface area contributed by atoms with E-state index in [4.69, 9.17) is 0 Å². The van der Waals surface area contributed by atoms with E-state index in [1.54, 1.807) is 30.5 Å². The predicted molar refractivity (Wildman–Crippen MR) is 127 cm³/mol. The van der Waals surface area contributed by atoms with Crippen LogP contribution in [0.2, 0.25) is 0 Å². The molecule has 4 rings (SSSR count). The molecule has 0 spiro atoms. The number of nitrogens with one attached hydrogen (secondary N) is 2. The molecule has 0 fully saturated rings. The number of phenolic OH excluding ortho intramolecular Hbond substituents is 1. The molecule has 1 atom stereocenters. The first-order valence-electron chi connectivity index (χ1n) is 10.3. The van der Waals surface area contributed by atoms with Crippen LogP contribution in [0.25, 0.3) is 21.5 Å². The smallest absolute Gasteiger partial charge is 0.262 e. The van der Waals surface area contributed by atoms with E-state index in [0.717, 1.165) is 32.7 Å². The highest BCUT2D eigenvalue weighted by Crippen LogP contribution is 2.27. The highest BCUT2D eigenvalue weighted by Gasteiger charge is 2.19. The van der Waals surface area contributed by atoms with E-state index in [1.807, 2.05) is 48.5 Å². The normalized spacial score (nSPS) is 12.2. The van der Waals surface area contributed by atoms with Gasteiger partial charge in [-0.2, -0.15) is 5.10 Å². The molecule has 160 valence electrons. The lowest BCUT2D eigenvalue weighted by molar-refractivity contribution is -0.128. The molecule has 0 radical (unpaired) electrons. The molecule has 4 aromatic carbocycles. The largest absolute Gasteiger partial charge is 0.508 e. The summed E-state index contributed by atoms with van der Waals surface area (Å²) in [7, 11) is 0. The maximum atomic E-state index is 12.8. The molecule has 6 heteroatoms. The Bertz CT molecular complexity index is 1260. The Morgan fingerprint density at radius 1 is 0.938 bits per heavy atom. The van der Waals surface area contributed by atoms with Gasteiger partial charge in [-0.05, 0) is 45.3 Å². The van der Waals surface area contributed by atoms with Gasteiger partial charge in [-0.25, -0.2) is 5.43 Å². The van der Waals surface area contributed by atoms with Crippen molar-refractivity contribution in [2.45, 2.75) is 19.4 Å². The number of fused-ring (bicyclic) bond motifs is 2. The van der Waals surface area contributed by atoms with Crippen LogP contribution in [0.4, 0.5) is 0 Å². The van der Waals surface area contributed by atoms with Gasteiger partial charge in [0.05, 0.1) is 6.21 Å². The number of amides is 2. The minimum atomic E-state index is -0.793. The van der Waals surface area contributed by atoms with E-state index < -0.39 is 11.9 Å². The van der Waals surface area contributed by atoms with Crippen LogP contribution < -0.4 is 10.7 Å². The van der Waals surface area contributed by atoms with Crippen LogP contribution in [-0.2, 0) is 16.0 Å². The molecule has 0 saturated heterocycles. The average molecular weight is 425 g/mol.